The van der Waals surface area contributed by atoms with Gasteiger partial charge in [-0.1, -0.05) is 34.1 Å². The van der Waals surface area contributed by atoms with Gasteiger partial charge in [0.25, 0.3) is 0 Å². The SMILES string of the molecule is NCc1cc(OCC2CSc3ccccc32)ccc1Br. The summed E-state index contributed by atoms with van der Waals surface area (Å²) in [4.78, 5) is 1.39. The Bertz CT molecular complexity index is 617. The number of halogens is 1. The molecule has 1 atom stereocenters. The minimum Gasteiger partial charge on any atom is -0.493 e. The van der Waals surface area contributed by atoms with Gasteiger partial charge in [-0.2, -0.15) is 0 Å². The summed E-state index contributed by atoms with van der Waals surface area (Å²) in [6.45, 7) is 1.23. The zero-order valence-electron chi connectivity index (χ0n) is 11.0. The van der Waals surface area contributed by atoms with Gasteiger partial charge in [-0.3, -0.25) is 0 Å². The largest absolute Gasteiger partial charge is 0.493 e. The molecular formula is C16H16BrNOS. The lowest BCUT2D eigenvalue weighted by atomic mass is 10.0. The van der Waals surface area contributed by atoms with Crippen molar-refractivity contribution in [2.24, 2.45) is 5.73 Å². The third-order valence-corrected chi connectivity index (χ3v) is 5.51. The molecule has 1 aliphatic heterocycles. The standard InChI is InChI=1S/C16H16BrNOS/c17-15-6-5-13(7-11(15)8-18)19-9-12-10-20-16-4-2-1-3-14(12)16/h1-7,12H,8-10,18H2. The Balaban J connectivity index is 1.69. The molecule has 2 nitrogen and oxygen atoms in total. The summed E-state index contributed by atoms with van der Waals surface area (Å²) in [5.41, 5.74) is 8.20. The maximum atomic E-state index is 5.95. The molecule has 0 bridgehead atoms. The Morgan fingerprint density at radius 3 is 2.95 bits per heavy atom. The number of ether oxygens (including phenoxy) is 1. The molecule has 3 rings (SSSR count). The van der Waals surface area contributed by atoms with Crippen molar-refractivity contribution in [1.29, 1.82) is 0 Å². The molecule has 0 aliphatic carbocycles. The lowest BCUT2D eigenvalue weighted by Gasteiger charge is -2.13. The van der Waals surface area contributed by atoms with Crippen molar-refractivity contribution < 1.29 is 4.74 Å². The van der Waals surface area contributed by atoms with E-state index < -0.39 is 0 Å². The lowest BCUT2D eigenvalue weighted by molar-refractivity contribution is 0.297. The molecule has 2 N–H and O–H groups in total. The molecule has 0 saturated heterocycles. The number of fused-ring (bicyclic) bond motifs is 1. The zero-order chi connectivity index (χ0) is 13.9. The molecule has 0 fully saturated rings. The summed E-state index contributed by atoms with van der Waals surface area (Å²) in [7, 11) is 0. The van der Waals surface area contributed by atoms with Crippen LogP contribution in [-0.4, -0.2) is 12.4 Å². The van der Waals surface area contributed by atoms with Crippen molar-refractivity contribution in [2.45, 2.75) is 17.4 Å². The monoisotopic (exact) mass is 349 g/mol. The molecule has 0 spiro atoms. The Hall–Kier alpha value is -0.970. The summed E-state index contributed by atoms with van der Waals surface area (Å²) in [6.07, 6.45) is 0. The third-order valence-electron chi connectivity index (χ3n) is 3.49. The molecular weight excluding hydrogens is 334 g/mol. The van der Waals surface area contributed by atoms with E-state index in [1.54, 1.807) is 0 Å². The van der Waals surface area contributed by atoms with E-state index in [1.807, 2.05) is 30.0 Å². The van der Waals surface area contributed by atoms with E-state index in [-0.39, 0.29) is 0 Å². The quantitative estimate of drug-likeness (QED) is 0.899. The van der Waals surface area contributed by atoms with Gasteiger partial charge in [-0.05, 0) is 35.4 Å². The highest BCUT2D eigenvalue weighted by Gasteiger charge is 2.23. The highest BCUT2D eigenvalue weighted by Crippen LogP contribution is 2.39. The van der Waals surface area contributed by atoms with Crippen LogP contribution < -0.4 is 10.5 Å². The fourth-order valence-corrected chi connectivity index (χ4v) is 4.00. The molecule has 4 heteroatoms. The van der Waals surface area contributed by atoms with Crippen LogP contribution in [0.25, 0.3) is 0 Å². The molecule has 0 radical (unpaired) electrons. The fraction of sp³-hybridized carbons (Fsp3) is 0.250. The van der Waals surface area contributed by atoms with Gasteiger partial charge < -0.3 is 10.5 Å². The number of benzene rings is 2. The van der Waals surface area contributed by atoms with E-state index in [4.69, 9.17) is 10.5 Å². The topological polar surface area (TPSA) is 35.2 Å². The second-order valence-corrected chi connectivity index (χ2v) is 6.73. The Morgan fingerprint density at radius 2 is 2.10 bits per heavy atom. The second kappa shape index (κ2) is 6.20. The number of hydrogen-bond donors (Lipinski definition) is 1. The van der Waals surface area contributed by atoms with Gasteiger partial charge in [0.1, 0.15) is 5.75 Å². The number of hydrogen-bond acceptors (Lipinski definition) is 3. The molecule has 1 unspecified atom stereocenters. The van der Waals surface area contributed by atoms with Crippen molar-refractivity contribution in [3.05, 3.63) is 58.1 Å². The van der Waals surface area contributed by atoms with E-state index in [0.717, 1.165) is 28.1 Å². The molecule has 0 aromatic heterocycles. The van der Waals surface area contributed by atoms with Crippen LogP contribution in [0.3, 0.4) is 0 Å². The van der Waals surface area contributed by atoms with E-state index in [9.17, 15) is 0 Å². The van der Waals surface area contributed by atoms with E-state index in [1.165, 1.54) is 10.5 Å². The van der Waals surface area contributed by atoms with Gasteiger partial charge in [0, 0.05) is 27.6 Å². The van der Waals surface area contributed by atoms with Crippen molar-refractivity contribution >= 4 is 27.7 Å². The number of rotatable bonds is 4. The molecule has 20 heavy (non-hydrogen) atoms. The molecule has 1 heterocycles. The van der Waals surface area contributed by atoms with Crippen LogP contribution >= 0.6 is 27.7 Å². The summed E-state index contributed by atoms with van der Waals surface area (Å²) >= 11 is 5.40. The van der Waals surface area contributed by atoms with Crippen LogP contribution in [0.5, 0.6) is 5.75 Å². The smallest absolute Gasteiger partial charge is 0.119 e. The van der Waals surface area contributed by atoms with Crippen LogP contribution in [0.1, 0.15) is 17.0 Å². The van der Waals surface area contributed by atoms with E-state index in [0.29, 0.717) is 12.5 Å². The first-order valence-electron chi connectivity index (χ1n) is 6.61. The van der Waals surface area contributed by atoms with Crippen LogP contribution in [0.4, 0.5) is 0 Å². The number of nitrogens with two attached hydrogens (primary N) is 1. The maximum absolute atomic E-state index is 5.95. The molecule has 2 aromatic rings. The Kier molecular flexibility index (Phi) is 4.34. The molecule has 0 saturated carbocycles. The van der Waals surface area contributed by atoms with Crippen LogP contribution in [0.2, 0.25) is 0 Å². The average Bonchev–Trinajstić information content (AvgIpc) is 2.90. The first-order valence-corrected chi connectivity index (χ1v) is 8.39. The van der Waals surface area contributed by atoms with E-state index in [2.05, 4.69) is 40.2 Å². The van der Waals surface area contributed by atoms with Gasteiger partial charge in [0.2, 0.25) is 0 Å². The van der Waals surface area contributed by atoms with Crippen LogP contribution in [0.15, 0.2) is 51.8 Å². The second-order valence-electron chi connectivity index (χ2n) is 4.81. The predicted octanol–water partition coefficient (Wildman–Crippen LogP) is 4.18. The first kappa shape index (κ1) is 14.0. The minimum atomic E-state index is 0.473. The van der Waals surface area contributed by atoms with Crippen molar-refractivity contribution in [1.82, 2.24) is 0 Å². The van der Waals surface area contributed by atoms with Gasteiger partial charge in [0.15, 0.2) is 0 Å². The van der Waals surface area contributed by atoms with Crippen molar-refractivity contribution in [3.8, 4) is 5.75 Å². The average molecular weight is 350 g/mol. The van der Waals surface area contributed by atoms with E-state index >= 15 is 0 Å². The lowest BCUT2D eigenvalue weighted by Crippen LogP contribution is -2.10. The normalized spacial score (nSPS) is 17.0. The number of thioether (sulfide) groups is 1. The maximum Gasteiger partial charge on any atom is 0.119 e. The van der Waals surface area contributed by atoms with Crippen LogP contribution in [0, 0.1) is 0 Å². The molecule has 1 aliphatic rings. The third kappa shape index (κ3) is 2.87. The van der Waals surface area contributed by atoms with Gasteiger partial charge >= 0.3 is 0 Å². The summed E-state index contributed by atoms with van der Waals surface area (Å²) < 4.78 is 6.99. The Morgan fingerprint density at radius 1 is 1.25 bits per heavy atom. The molecule has 104 valence electrons. The highest BCUT2D eigenvalue weighted by atomic mass is 79.9. The van der Waals surface area contributed by atoms with Gasteiger partial charge in [0.05, 0.1) is 6.61 Å². The first-order chi connectivity index (χ1) is 9.78. The summed E-state index contributed by atoms with van der Waals surface area (Å²) in [5.74, 6) is 2.46. The Labute approximate surface area is 131 Å². The van der Waals surface area contributed by atoms with Crippen molar-refractivity contribution in [2.75, 3.05) is 12.4 Å². The van der Waals surface area contributed by atoms with Gasteiger partial charge in [-0.25, -0.2) is 0 Å². The minimum absolute atomic E-state index is 0.473. The zero-order valence-corrected chi connectivity index (χ0v) is 13.4. The summed E-state index contributed by atoms with van der Waals surface area (Å²) in [5, 5.41) is 0. The molecule has 2 aromatic carbocycles. The van der Waals surface area contributed by atoms with Gasteiger partial charge in [-0.15, -0.1) is 11.8 Å². The summed E-state index contributed by atoms with van der Waals surface area (Å²) in [6, 6.07) is 14.6. The van der Waals surface area contributed by atoms with Crippen molar-refractivity contribution in [3.63, 3.8) is 0 Å². The van der Waals surface area contributed by atoms with Crippen LogP contribution in [-0.2, 0) is 6.54 Å². The fourth-order valence-electron chi connectivity index (χ4n) is 2.36. The highest BCUT2D eigenvalue weighted by molar-refractivity contribution is 9.10. The molecule has 0 amide bonds. The predicted molar refractivity (Wildman–Crippen MR) is 87.4 cm³/mol.